The highest BCUT2D eigenvalue weighted by Gasteiger charge is 2.17. The maximum atomic E-state index is 2.38. The summed E-state index contributed by atoms with van der Waals surface area (Å²) < 4.78 is 0. The van der Waals surface area contributed by atoms with Crippen LogP contribution in [-0.2, 0) is 0 Å². The third-order valence-electron chi connectivity index (χ3n) is 2.56. The van der Waals surface area contributed by atoms with E-state index in [9.17, 15) is 0 Å². The first-order valence-corrected chi connectivity index (χ1v) is 5.99. The molecule has 0 spiro atoms. The van der Waals surface area contributed by atoms with Crippen LogP contribution in [0.15, 0.2) is 0 Å². The molecule has 0 N–H and O–H groups in total. The Morgan fingerprint density at radius 3 is 2.91 bits per heavy atom. The Bertz CT molecular complexity index is 101. The predicted octanol–water partition coefficient (Wildman–Crippen LogP) is 3.71. The highest BCUT2D eigenvalue weighted by molar-refractivity contribution is 7.99. The zero-order chi connectivity index (χ0) is 8.10. The zero-order valence-electron chi connectivity index (χ0n) is 7.81. The fraction of sp³-hybridized carbons (Fsp3) is 1.00. The minimum Gasteiger partial charge on any atom is -0.159 e. The zero-order valence-corrected chi connectivity index (χ0v) is 8.62. The van der Waals surface area contributed by atoms with Crippen LogP contribution < -0.4 is 0 Å². The number of rotatable bonds is 3. The molecule has 1 aliphatic rings. The third kappa shape index (κ3) is 3.50. The van der Waals surface area contributed by atoms with Crippen LogP contribution >= 0.6 is 11.8 Å². The molecule has 0 amide bonds. The number of hydrogen-bond donors (Lipinski definition) is 0. The summed E-state index contributed by atoms with van der Waals surface area (Å²) in [6.07, 6.45) is 7.27. The molecule has 1 saturated heterocycles. The molecule has 1 rings (SSSR count). The smallest absolute Gasteiger partial charge is 0.00213 e. The van der Waals surface area contributed by atoms with Crippen molar-refractivity contribution in [2.45, 2.75) is 51.2 Å². The highest BCUT2D eigenvalue weighted by atomic mass is 32.2. The Labute approximate surface area is 75.1 Å². The lowest BCUT2D eigenvalue weighted by Crippen LogP contribution is -2.15. The van der Waals surface area contributed by atoms with Crippen molar-refractivity contribution in [2.75, 3.05) is 5.75 Å². The summed E-state index contributed by atoms with van der Waals surface area (Å²) in [6.45, 7) is 4.67. The van der Waals surface area contributed by atoms with E-state index in [1.54, 1.807) is 0 Å². The number of thioether (sulfide) groups is 1. The predicted molar refractivity (Wildman–Crippen MR) is 54.2 cm³/mol. The van der Waals surface area contributed by atoms with Gasteiger partial charge in [-0.25, -0.2) is 0 Å². The van der Waals surface area contributed by atoms with Gasteiger partial charge in [-0.05, 0) is 24.5 Å². The second-order valence-electron chi connectivity index (χ2n) is 3.71. The van der Waals surface area contributed by atoms with E-state index in [2.05, 4.69) is 25.6 Å². The van der Waals surface area contributed by atoms with Crippen LogP contribution in [0, 0.1) is 5.92 Å². The first kappa shape index (κ1) is 9.44. The molecule has 1 heterocycles. The van der Waals surface area contributed by atoms with Crippen molar-refractivity contribution >= 4 is 11.8 Å². The van der Waals surface area contributed by atoms with Crippen molar-refractivity contribution in [2.24, 2.45) is 5.92 Å². The maximum Gasteiger partial charge on any atom is 0.00213 e. The Balaban J connectivity index is 2.12. The lowest BCUT2D eigenvalue weighted by Gasteiger charge is -2.26. The van der Waals surface area contributed by atoms with Crippen molar-refractivity contribution < 1.29 is 0 Å². The SMILES string of the molecule is CCCC[C@@H]1CCS[C@H](C)C1. The Morgan fingerprint density at radius 1 is 1.45 bits per heavy atom. The first-order valence-electron chi connectivity index (χ1n) is 4.94. The van der Waals surface area contributed by atoms with E-state index >= 15 is 0 Å². The number of unbranched alkanes of at least 4 members (excludes halogenated alkanes) is 1. The summed E-state index contributed by atoms with van der Waals surface area (Å²) in [7, 11) is 0. The van der Waals surface area contributed by atoms with Crippen LogP contribution in [0.4, 0.5) is 0 Å². The molecule has 66 valence electrons. The first-order chi connectivity index (χ1) is 5.33. The maximum absolute atomic E-state index is 2.38. The fourth-order valence-corrected chi connectivity index (χ4v) is 3.13. The van der Waals surface area contributed by atoms with Gasteiger partial charge in [0.2, 0.25) is 0 Å². The molecule has 0 nitrogen and oxygen atoms in total. The van der Waals surface area contributed by atoms with Gasteiger partial charge in [-0.1, -0.05) is 33.1 Å². The summed E-state index contributed by atoms with van der Waals surface area (Å²) in [5.41, 5.74) is 0. The van der Waals surface area contributed by atoms with Crippen LogP contribution in [0.1, 0.15) is 46.0 Å². The van der Waals surface area contributed by atoms with E-state index in [1.165, 1.54) is 37.9 Å². The Kier molecular flexibility index (Phi) is 4.36. The van der Waals surface area contributed by atoms with Crippen LogP contribution in [-0.4, -0.2) is 11.0 Å². The summed E-state index contributed by atoms with van der Waals surface area (Å²) in [6, 6.07) is 0. The standard InChI is InChI=1S/C10H20S/c1-3-4-5-10-6-7-11-9(2)8-10/h9-10H,3-8H2,1-2H3/t9-,10-/m1/s1. The Hall–Kier alpha value is 0.350. The van der Waals surface area contributed by atoms with Gasteiger partial charge in [-0.2, -0.15) is 11.8 Å². The molecule has 0 aliphatic carbocycles. The van der Waals surface area contributed by atoms with E-state index < -0.39 is 0 Å². The van der Waals surface area contributed by atoms with Crippen molar-refractivity contribution in [1.29, 1.82) is 0 Å². The normalized spacial score (nSPS) is 32.2. The van der Waals surface area contributed by atoms with Gasteiger partial charge in [0, 0.05) is 5.25 Å². The van der Waals surface area contributed by atoms with Gasteiger partial charge in [0.05, 0.1) is 0 Å². The summed E-state index contributed by atoms with van der Waals surface area (Å²) in [5.74, 6) is 2.47. The van der Waals surface area contributed by atoms with Crippen LogP contribution in [0.3, 0.4) is 0 Å². The van der Waals surface area contributed by atoms with Crippen LogP contribution in [0.25, 0.3) is 0 Å². The molecule has 1 heteroatoms. The van der Waals surface area contributed by atoms with Crippen molar-refractivity contribution in [3.63, 3.8) is 0 Å². The molecule has 0 unspecified atom stereocenters. The van der Waals surface area contributed by atoms with Crippen molar-refractivity contribution in [3.8, 4) is 0 Å². The molecule has 1 aliphatic heterocycles. The van der Waals surface area contributed by atoms with Gasteiger partial charge in [-0.15, -0.1) is 0 Å². The topological polar surface area (TPSA) is 0 Å². The molecule has 1 fully saturated rings. The summed E-state index contributed by atoms with van der Waals surface area (Å²) in [4.78, 5) is 0. The minimum atomic E-state index is 0.936. The average Bonchev–Trinajstić information content (AvgIpc) is 2.01. The quantitative estimate of drug-likeness (QED) is 0.625. The molecule has 0 aromatic carbocycles. The van der Waals surface area contributed by atoms with Gasteiger partial charge in [-0.3, -0.25) is 0 Å². The molecule has 0 radical (unpaired) electrons. The average molecular weight is 172 g/mol. The van der Waals surface area contributed by atoms with Crippen molar-refractivity contribution in [3.05, 3.63) is 0 Å². The lowest BCUT2D eigenvalue weighted by atomic mass is 9.94. The van der Waals surface area contributed by atoms with E-state index in [0.717, 1.165) is 11.2 Å². The van der Waals surface area contributed by atoms with E-state index in [-0.39, 0.29) is 0 Å². The largest absolute Gasteiger partial charge is 0.159 e. The second kappa shape index (κ2) is 5.08. The second-order valence-corrected chi connectivity index (χ2v) is 5.26. The highest BCUT2D eigenvalue weighted by Crippen LogP contribution is 2.31. The molecule has 0 aromatic heterocycles. The molecular weight excluding hydrogens is 152 g/mol. The molecule has 0 saturated carbocycles. The van der Waals surface area contributed by atoms with Crippen molar-refractivity contribution in [1.82, 2.24) is 0 Å². The van der Waals surface area contributed by atoms with Gasteiger partial charge in [0.15, 0.2) is 0 Å². The summed E-state index contributed by atoms with van der Waals surface area (Å²) in [5, 5.41) is 0.936. The van der Waals surface area contributed by atoms with Crippen LogP contribution in [0.5, 0.6) is 0 Å². The monoisotopic (exact) mass is 172 g/mol. The van der Waals surface area contributed by atoms with Gasteiger partial charge < -0.3 is 0 Å². The Morgan fingerprint density at radius 2 is 2.27 bits per heavy atom. The summed E-state index contributed by atoms with van der Waals surface area (Å²) >= 11 is 2.16. The molecule has 0 bridgehead atoms. The minimum absolute atomic E-state index is 0.936. The number of hydrogen-bond acceptors (Lipinski definition) is 1. The van der Waals surface area contributed by atoms with Gasteiger partial charge in [0.1, 0.15) is 0 Å². The van der Waals surface area contributed by atoms with E-state index in [0.29, 0.717) is 0 Å². The molecule has 2 atom stereocenters. The van der Waals surface area contributed by atoms with Gasteiger partial charge in [0.25, 0.3) is 0 Å². The van der Waals surface area contributed by atoms with E-state index in [1.807, 2.05) is 0 Å². The van der Waals surface area contributed by atoms with Crippen LogP contribution in [0.2, 0.25) is 0 Å². The molecule has 0 aromatic rings. The molecular formula is C10H20S. The fourth-order valence-electron chi connectivity index (χ4n) is 1.85. The van der Waals surface area contributed by atoms with E-state index in [4.69, 9.17) is 0 Å². The third-order valence-corrected chi connectivity index (χ3v) is 3.79. The lowest BCUT2D eigenvalue weighted by molar-refractivity contribution is 0.414. The molecule has 11 heavy (non-hydrogen) atoms. The van der Waals surface area contributed by atoms with Gasteiger partial charge >= 0.3 is 0 Å².